The highest BCUT2D eigenvalue weighted by Crippen LogP contribution is 2.42. The van der Waals surface area contributed by atoms with Crippen LogP contribution in [0.25, 0.3) is 6.08 Å². The van der Waals surface area contributed by atoms with Gasteiger partial charge >= 0.3 is 0 Å². The Bertz CT molecular complexity index is 1030. The summed E-state index contributed by atoms with van der Waals surface area (Å²) in [5.74, 6) is 0.123. The number of allylic oxidation sites excluding steroid dienone is 1. The third-order valence-electron chi connectivity index (χ3n) is 6.64. The van der Waals surface area contributed by atoms with Gasteiger partial charge in [0.05, 0.1) is 11.5 Å². The van der Waals surface area contributed by atoms with Crippen molar-refractivity contribution >= 4 is 16.1 Å². The van der Waals surface area contributed by atoms with E-state index in [4.69, 9.17) is 0 Å². The van der Waals surface area contributed by atoms with Gasteiger partial charge in [-0.1, -0.05) is 48.6 Å². The third-order valence-corrected chi connectivity index (χ3v) is 8.50. The Morgan fingerprint density at radius 1 is 1.10 bits per heavy atom. The zero-order chi connectivity index (χ0) is 22.0. The lowest BCUT2D eigenvalue weighted by Gasteiger charge is -2.57. The zero-order valence-corrected chi connectivity index (χ0v) is 19.1. The Hall–Kier alpha value is -1.99. The highest BCUT2D eigenvalue weighted by molar-refractivity contribution is 7.89. The Balaban J connectivity index is 1.63. The number of hydrogen-bond donors (Lipinski definition) is 1. The number of aliphatic hydroxyl groups excluding tert-OH is 1. The van der Waals surface area contributed by atoms with Gasteiger partial charge in [-0.25, -0.2) is 8.42 Å². The SMILES string of the molecule is C/C=C/c1ccc([C@@H]2[C@H](CO)N3CCCCN(S(=O)(=O)c4cccc(C)c4)C[C@@H]23)cc1. The maximum Gasteiger partial charge on any atom is 0.243 e. The molecular formula is C25H32N2O3S. The molecule has 6 heteroatoms. The fourth-order valence-corrected chi connectivity index (χ4v) is 6.68. The molecule has 31 heavy (non-hydrogen) atoms. The molecule has 5 nitrogen and oxygen atoms in total. The van der Waals surface area contributed by atoms with E-state index in [9.17, 15) is 13.5 Å². The fraction of sp³-hybridized carbons (Fsp3) is 0.440. The molecule has 0 saturated carbocycles. The fourth-order valence-electron chi connectivity index (χ4n) is 5.07. The van der Waals surface area contributed by atoms with Crippen LogP contribution in [0.15, 0.2) is 59.5 Å². The van der Waals surface area contributed by atoms with Crippen LogP contribution >= 0.6 is 0 Å². The summed E-state index contributed by atoms with van der Waals surface area (Å²) >= 11 is 0. The van der Waals surface area contributed by atoms with Crippen molar-refractivity contribution in [1.29, 1.82) is 0 Å². The van der Waals surface area contributed by atoms with Gasteiger partial charge < -0.3 is 5.11 Å². The highest BCUT2D eigenvalue weighted by atomic mass is 32.2. The average Bonchev–Trinajstić information content (AvgIpc) is 2.74. The van der Waals surface area contributed by atoms with Crippen molar-refractivity contribution in [3.8, 4) is 0 Å². The van der Waals surface area contributed by atoms with Gasteiger partial charge in [0, 0.05) is 31.1 Å². The van der Waals surface area contributed by atoms with Crippen LogP contribution in [0, 0.1) is 6.92 Å². The minimum absolute atomic E-state index is 0.0409. The van der Waals surface area contributed by atoms with Crippen molar-refractivity contribution in [2.24, 2.45) is 0 Å². The summed E-state index contributed by atoms with van der Waals surface area (Å²) in [6.45, 7) is 5.89. The first-order valence-corrected chi connectivity index (χ1v) is 12.6. The normalized spacial score (nSPS) is 25.6. The monoisotopic (exact) mass is 440 g/mol. The molecule has 4 rings (SSSR count). The lowest BCUT2D eigenvalue weighted by Crippen LogP contribution is -2.67. The highest BCUT2D eigenvalue weighted by Gasteiger charge is 2.50. The third kappa shape index (κ3) is 4.35. The van der Waals surface area contributed by atoms with Crippen LogP contribution < -0.4 is 0 Å². The molecule has 2 fully saturated rings. The van der Waals surface area contributed by atoms with E-state index in [0.29, 0.717) is 18.0 Å². The van der Waals surface area contributed by atoms with E-state index in [0.717, 1.165) is 30.5 Å². The van der Waals surface area contributed by atoms with E-state index in [1.54, 1.807) is 22.5 Å². The summed E-state index contributed by atoms with van der Waals surface area (Å²) in [5, 5.41) is 10.1. The Morgan fingerprint density at radius 3 is 2.52 bits per heavy atom. The number of aliphatic hydroxyl groups is 1. The second-order valence-electron chi connectivity index (χ2n) is 8.63. The summed E-state index contributed by atoms with van der Waals surface area (Å²) in [6, 6.07) is 15.7. The lowest BCUT2D eigenvalue weighted by atomic mass is 9.74. The first-order valence-electron chi connectivity index (χ1n) is 11.1. The molecule has 1 N–H and O–H groups in total. The number of fused-ring (bicyclic) bond motifs is 1. The molecule has 2 heterocycles. The van der Waals surface area contributed by atoms with Crippen LogP contribution in [-0.4, -0.2) is 61.1 Å². The minimum Gasteiger partial charge on any atom is -0.395 e. The van der Waals surface area contributed by atoms with Gasteiger partial charge in [0.2, 0.25) is 10.0 Å². The molecule has 2 saturated heterocycles. The zero-order valence-electron chi connectivity index (χ0n) is 18.3. The maximum absolute atomic E-state index is 13.4. The number of aryl methyl sites for hydroxylation is 1. The first kappa shape index (κ1) is 22.2. The Kier molecular flexibility index (Phi) is 6.63. The van der Waals surface area contributed by atoms with Crippen molar-refractivity contribution < 1.29 is 13.5 Å². The van der Waals surface area contributed by atoms with Crippen LogP contribution in [0.5, 0.6) is 0 Å². The van der Waals surface area contributed by atoms with Gasteiger partial charge in [0.15, 0.2) is 0 Å². The van der Waals surface area contributed by atoms with Gasteiger partial charge in [-0.15, -0.1) is 0 Å². The Labute approximate surface area is 186 Å². The molecule has 0 bridgehead atoms. The second kappa shape index (κ2) is 9.25. The standard InChI is InChI=1S/C25H32N2O3S/c1-3-7-20-10-12-21(13-11-20)25-23-17-26(14-4-5-15-27(23)24(25)18-28)31(29,30)22-9-6-8-19(2)16-22/h3,6-13,16,23-25,28H,4-5,14-15,17-18H2,1-2H3/b7-3+/t23-,24-,25-/m0/s1. The van der Waals surface area contributed by atoms with Crippen molar-refractivity contribution in [2.75, 3.05) is 26.2 Å². The number of nitrogens with zero attached hydrogens (tertiary/aromatic N) is 2. The lowest BCUT2D eigenvalue weighted by molar-refractivity contribution is -0.0553. The maximum atomic E-state index is 13.4. The summed E-state index contributed by atoms with van der Waals surface area (Å²) in [4.78, 5) is 2.67. The largest absolute Gasteiger partial charge is 0.395 e. The number of sulfonamides is 1. The average molecular weight is 441 g/mol. The number of rotatable bonds is 5. The summed E-state index contributed by atoms with van der Waals surface area (Å²) in [7, 11) is -3.56. The minimum atomic E-state index is -3.56. The summed E-state index contributed by atoms with van der Waals surface area (Å²) < 4.78 is 28.5. The molecule has 2 aromatic rings. The molecule has 0 spiro atoms. The second-order valence-corrected chi connectivity index (χ2v) is 10.6. The summed E-state index contributed by atoms with van der Waals surface area (Å²) in [6.07, 6.45) is 5.83. The van der Waals surface area contributed by atoms with Crippen molar-refractivity contribution in [3.63, 3.8) is 0 Å². The molecular weight excluding hydrogens is 408 g/mol. The number of benzene rings is 2. The van der Waals surface area contributed by atoms with Crippen LogP contribution in [0.2, 0.25) is 0 Å². The van der Waals surface area contributed by atoms with Crippen LogP contribution in [0.3, 0.4) is 0 Å². The Morgan fingerprint density at radius 2 is 1.84 bits per heavy atom. The predicted octanol–water partition coefficient (Wildman–Crippen LogP) is 3.64. The summed E-state index contributed by atoms with van der Waals surface area (Å²) in [5.41, 5.74) is 3.25. The quantitative estimate of drug-likeness (QED) is 0.771. The smallest absolute Gasteiger partial charge is 0.243 e. The van der Waals surface area contributed by atoms with E-state index in [2.05, 4.69) is 35.2 Å². The molecule has 166 valence electrons. The van der Waals surface area contributed by atoms with E-state index in [-0.39, 0.29) is 24.6 Å². The topological polar surface area (TPSA) is 60.9 Å². The molecule has 0 radical (unpaired) electrons. The molecule has 0 aliphatic carbocycles. The molecule has 3 atom stereocenters. The van der Waals surface area contributed by atoms with Gasteiger partial charge in [-0.3, -0.25) is 4.90 Å². The molecule has 2 aliphatic heterocycles. The van der Waals surface area contributed by atoms with Gasteiger partial charge in [0.25, 0.3) is 0 Å². The number of hydrogen-bond acceptors (Lipinski definition) is 4. The molecule has 0 amide bonds. The van der Waals surface area contributed by atoms with E-state index < -0.39 is 10.0 Å². The van der Waals surface area contributed by atoms with Gasteiger partial charge in [0.1, 0.15) is 0 Å². The van der Waals surface area contributed by atoms with Crippen LogP contribution in [0.1, 0.15) is 42.4 Å². The van der Waals surface area contributed by atoms with E-state index in [1.807, 2.05) is 26.0 Å². The van der Waals surface area contributed by atoms with Gasteiger partial charge in [-0.05, 0) is 62.1 Å². The van der Waals surface area contributed by atoms with Crippen LogP contribution in [0.4, 0.5) is 0 Å². The molecule has 2 aromatic carbocycles. The van der Waals surface area contributed by atoms with Crippen molar-refractivity contribution in [1.82, 2.24) is 9.21 Å². The van der Waals surface area contributed by atoms with Crippen molar-refractivity contribution in [3.05, 3.63) is 71.3 Å². The van der Waals surface area contributed by atoms with Crippen molar-refractivity contribution in [2.45, 2.75) is 49.6 Å². The molecule has 2 aliphatic rings. The van der Waals surface area contributed by atoms with Crippen LogP contribution in [-0.2, 0) is 10.0 Å². The van der Waals surface area contributed by atoms with Gasteiger partial charge in [-0.2, -0.15) is 4.31 Å². The van der Waals surface area contributed by atoms with E-state index >= 15 is 0 Å². The van der Waals surface area contributed by atoms with E-state index in [1.165, 1.54) is 5.56 Å². The predicted molar refractivity (Wildman–Crippen MR) is 124 cm³/mol. The molecule has 0 unspecified atom stereocenters. The molecule has 0 aromatic heterocycles. The first-order chi connectivity index (χ1) is 15.0.